The van der Waals surface area contributed by atoms with Crippen LogP contribution in [-0.2, 0) is 6.61 Å². The summed E-state index contributed by atoms with van der Waals surface area (Å²) in [7, 11) is 0. The van der Waals surface area contributed by atoms with Crippen molar-refractivity contribution in [3.63, 3.8) is 0 Å². The molecule has 0 saturated heterocycles. The van der Waals surface area contributed by atoms with Crippen LogP contribution in [0.2, 0.25) is 0 Å². The van der Waals surface area contributed by atoms with Crippen LogP contribution in [-0.4, -0.2) is 24.2 Å². The van der Waals surface area contributed by atoms with Gasteiger partial charge in [-0.3, -0.25) is 0 Å². The molecule has 0 aliphatic heterocycles. The van der Waals surface area contributed by atoms with E-state index in [-0.39, 0.29) is 6.61 Å². The third-order valence-electron chi connectivity index (χ3n) is 3.53. The van der Waals surface area contributed by atoms with Gasteiger partial charge in [0.05, 0.1) is 12.2 Å². The number of aliphatic hydroxyl groups is 1. The van der Waals surface area contributed by atoms with E-state index in [2.05, 4.69) is 18.7 Å². The van der Waals surface area contributed by atoms with Crippen LogP contribution in [0.15, 0.2) is 48.5 Å². The van der Waals surface area contributed by atoms with Crippen molar-refractivity contribution in [3.05, 3.63) is 59.7 Å². The Kier molecular flexibility index (Phi) is 5.55. The van der Waals surface area contributed by atoms with Crippen molar-refractivity contribution in [1.29, 1.82) is 0 Å². The number of rotatable bonds is 6. The maximum Gasteiger partial charge on any atom is 0.343 e. The van der Waals surface area contributed by atoms with Crippen molar-refractivity contribution in [2.24, 2.45) is 0 Å². The molecule has 0 heterocycles. The molecule has 0 bridgehead atoms. The van der Waals surface area contributed by atoms with Crippen LogP contribution in [0, 0.1) is 0 Å². The van der Waals surface area contributed by atoms with Crippen molar-refractivity contribution < 1.29 is 14.6 Å². The second-order valence-corrected chi connectivity index (χ2v) is 4.91. The zero-order valence-corrected chi connectivity index (χ0v) is 13.0. The normalized spacial score (nSPS) is 10.3. The van der Waals surface area contributed by atoms with Crippen LogP contribution in [0.5, 0.6) is 5.75 Å². The predicted molar refractivity (Wildman–Crippen MR) is 87.3 cm³/mol. The Morgan fingerprint density at radius 2 is 1.77 bits per heavy atom. The second kappa shape index (κ2) is 7.61. The van der Waals surface area contributed by atoms with Gasteiger partial charge < -0.3 is 14.7 Å². The lowest BCUT2D eigenvalue weighted by Crippen LogP contribution is -2.21. The summed E-state index contributed by atoms with van der Waals surface area (Å²) in [4.78, 5) is 14.3. The average Bonchev–Trinajstić information content (AvgIpc) is 2.56. The number of carbonyl (C=O) groups is 1. The fourth-order valence-corrected chi connectivity index (χ4v) is 2.24. The number of carbonyl (C=O) groups excluding carboxylic acids is 1. The van der Waals surface area contributed by atoms with Crippen molar-refractivity contribution in [2.75, 3.05) is 18.0 Å². The third-order valence-corrected chi connectivity index (χ3v) is 3.53. The van der Waals surface area contributed by atoms with Gasteiger partial charge in [0, 0.05) is 24.8 Å². The van der Waals surface area contributed by atoms with Crippen LogP contribution >= 0.6 is 0 Å². The van der Waals surface area contributed by atoms with Crippen LogP contribution in [0.1, 0.15) is 29.8 Å². The number of benzene rings is 2. The molecule has 0 unspecified atom stereocenters. The Balaban J connectivity index is 2.12. The quantitative estimate of drug-likeness (QED) is 0.657. The fourth-order valence-electron chi connectivity index (χ4n) is 2.24. The maximum absolute atomic E-state index is 12.1. The average molecular weight is 299 g/mol. The van der Waals surface area contributed by atoms with Crippen molar-refractivity contribution in [1.82, 2.24) is 0 Å². The SMILES string of the molecule is CCN(CC)c1cccc(OC(=O)c2ccc(CO)cc2)c1. The Morgan fingerprint density at radius 3 is 2.36 bits per heavy atom. The highest BCUT2D eigenvalue weighted by molar-refractivity contribution is 5.91. The lowest BCUT2D eigenvalue weighted by Gasteiger charge is -2.21. The summed E-state index contributed by atoms with van der Waals surface area (Å²) in [6.45, 7) is 5.93. The fraction of sp³-hybridized carbons (Fsp3) is 0.278. The number of hydrogen-bond donors (Lipinski definition) is 1. The van der Waals surface area contributed by atoms with Gasteiger partial charge in [-0.05, 0) is 43.7 Å². The number of ether oxygens (including phenoxy) is 1. The summed E-state index contributed by atoms with van der Waals surface area (Å²) in [6.07, 6.45) is 0. The van der Waals surface area contributed by atoms with Gasteiger partial charge in [0.1, 0.15) is 5.75 Å². The van der Waals surface area contributed by atoms with Crippen LogP contribution in [0.4, 0.5) is 5.69 Å². The van der Waals surface area contributed by atoms with Gasteiger partial charge in [-0.2, -0.15) is 0 Å². The minimum absolute atomic E-state index is 0.0404. The lowest BCUT2D eigenvalue weighted by atomic mass is 10.1. The number of aliphatic hydroxyl groups excluding tert-OH is 1. The molecule has 4 nitrogen and oxygen atoms in total. The molecule has 1 N–H and O–H groups in total. The number of hydrogen-bond acceptors (Lipinski definition) is 4. The molecule has 2 rings (SSSR count). The topological polar surface area (TPSA) is 49.8 Å². The molecule has 0 spiro atoms. The van der Waals surface area contributed by atoms with Crippen molar-refractivity contribution in [3.8, 4) is 5.75 Å². The molecule has 0 atom stereocenters. The first-order valence-electron chi connectivity index (χ1n) is 7.45. The summed E-state index contributed by atoms with van der Waals surface area (Å²) in [5, 5.41) is 9.01. The molecule has 116 valence electrons. The zero-order valence-electron chi connectivity index (χ0n) is 13.0. The van der Waals surface area contributed by atoms with Gasteiger partial charge in [-0.15, -0.1) is 0 Å². The van der Waals surface area contributed by atoms with E-state index >= 15 is 0 Å². The van der Waals surface area contributed by atoms with Crippen LogP contribution < -0.4 is 9.64 Å². The van der Waals surface area contributed by atoms with E-state index in [9.17, 15) is 4.79 Å². The van der Waals surface area contributed by atoms with Crippen LogP contribution in [0.25, 0.3) is 0 Å². The lowest BCUT2D eigenvalue weighted by molar-refractivity contribution is 0.0735. The Hall–Kier alpha value is -2.33. The van der Waals surface area contributed by atoms with Gasteiger partial charge in [0.25, 0.3) is 0 Å². The molecule has 0 aliphatic carbocycles. The molecular formula is C18H21NO3. The standard InChI is InChI=1S/C18H21NO3/c1-3-19(4-2)16-6-5-7-17(12-16)22-18(21)15-10-8-14(13-20)9-11-15/h5-12,20H,3-4,13H2,1-2H3. The van der Waals surface area contributed by atoms with E-state index in [1.807, 2.05) is 18.2 Å². The van der Waals surface area contributed by atoms with Gasteiger partial charge in [-0.25, -0.2) is 4.79 Å². The second-order valence-electron chi connectivity index (χ2n) is 4.91. The molecule has 0 aromatic heterocycles. The van der Waals surface area contributed by atoms with E-state index in [0.29, 0.717) is 11.3 Å². The predicted octanol–water partition coefficient (Wildman–Crippen LogP) is 3.24. The molecule has 4 heteroatoms. The summed E-state index contributed by atoms with van der Waals surface area (Å²) in [5.41, 5.74) is 2.26. The van der Waals surface area contributed by atoms with Crippen molar-refractivity contribution >= 4 is 11.7 Å². The molecule has 2 aromatic carbocycles. The molecule has 2 aromatic rings. The first-order chi connectivity index (χ1) is 10.7. The highest BCUT2D eigenvalue weighted by Gasteiger charge is 2.10. The molecule has 0 fully saturated rings. The van der Waals surface area contributed by atoms with E-state index in [1.165, 1.54) is 0 Å². The monoisotopic (exact) mass is 299 g/mol. The smallest absolute Gasteiger partial charge is 0.343 e. The molecule has 0 aliphatic rings. The summed E-state index contributed by atoms with van der Waals surface area (Å²) < 4.78 is 5.43. The minimum atomic E-state index is -0.402. The summed E-state index contributed by atoms with van der Waals surface area (Å²) in [6, 6.07) is 14.3. The van der Waals surface area contributed by atoms with Crippen molar-refractivity contribution in [2.45, 2.75) is 20.5 Å². The van der Waals surface area contributed by atoms with E-state index in [0.717, 1.165) is 24.3 Å². The molecule has 0 amide bonds. The van der Waals surface area contributed by atoms with Gasteiger partial charge >= 0.3 is 5.97 Å². The molecule has 22 heavy (non-hydrogen) atoms. The van der Waals surface area contributed by atoms with Gasteiger partial charge in [-0.1, -0.05) is 18.2 Å². The Labute approximate surface area is 131 Å². The summed E-state index contributed by atoms with van der Waals surface area (Å²) >= 11 is 0. The number of nitrogens with zero attached hydrogens (tertiary/aromatic N) is 1. The number of esters is 1. The highest BCUT2D eigenvalue weighted by Crippen LogP contribution is 2.22. The number of anilines is 1. The third kappa shape index (κ3) is 3.86. The highest BCUT2D eigenvalue weighted by atomic mass is 16.5. The summed E-state index contributed by atoms with van der Waals surface area (Å²) in [5.74, 6) is 0.127. The Bertz CT molecular complexity index is 618. The van der Waals surface area contributed by atoms with E-state index in [1.54, 1.807) is 30.3 Å². The minimum Gasteiger partial charge on any atom is -0.423 e. The van der Waals surface area contributed by atoms with Gasteiger partial charge in [0.15, 0.2) is 0 Å². The Morgan fingerprint density at radius 1 is 1.09 bits per heavy atom. The van der Waals surface area contributed by atoms with E-state index in [4.69, 9.17) is 9.84 Å². The van der Waals surface area contributed by atoms with Gasteiger partial charge in [0.2, 0.25) is 0 Å². The molecule has 0 radical (unpaired) electrons. The maximum atomic E-state index is 12.1. The van der Waals surface area contributed by atoms with Crippen LogP contribution in [0.3, 0.4) is 0 Å². The van der Waals surface area contributed by atoms with E-state index < -0.39 is 5.97 Å². The first kappa shape index (κ1) is 16.0. The largest absolute Gasteiger partial charge is 0.423 e. The molecular weight excluding hydrogens is 278 g/mol. The zero-order chi connectivity index (χ0) is 15.9. The first-order valence-corrected chi connectivity index (χ1v) is 7.45. The molecule has 0 saturated carbocycles.